The number of aryl methyl sites for hydroxylation is 1. The number of hydrogen-bond acceptors (Lipinski definition) is 4. The topological polar surface area (TPSA) is 87.0 Å². The molecule has 0 spiro atoms. The maximum Gasteiger partial charge on any atom is 0.302 e. The number of ether oxygens (including phenoxy) is 1. The number of H-pyrrole nitrogens is 1. The summed E-state index contributed by atoms with van der Waals surface area (Å²) in [5.41, 5.74) is 2.52. The number of nitrogens with one attached hydrogen (secondary N) is 1. The number of aromatic amines is 1. The van der Waals surface area contributed by atoms with Gasteiger partial charge in [0.1, 0.15) is 11.6 Å². The van der Waals surface area contributed by atoms with E-state index in [1.807, 2.05) is 25.1 Å². The Morgan fingerprint density at radius 3 is 2.78 bits per heavy atom. The molecule has 3 aromatic rings. The molecule has 2 N–H and O–H groups in total. The maximum absolute atomic E-state index is 13.4. The minimum atomic E-state index is -0.616. The summed E-state index contributed by atoms with van der Waals surface area (Å²) in [7, 11) is 0. The quantitative estimate of drug-likeness (QED) is 0.611. The largest absolute Gasteiger partial charge is 0.493 e. The van der Waals surface area contributed by atoms with Crippen molar-refractivity contribution in [2.75, 3.05) is 6.61 Å². The van der Waals surface area contributed by atoms with Crippen molar-refractivity contribution in [1.29, 1.82) is 0 Å². The van der Waals surface area contributed by atoms with E-state index in [4.69, 9.17) is 4.74 Å². The van der Waals surface area contributed by atoms with Gasteiger partial charge in [-0.25, -0.2) is 4.39 Å². The Morgan fingerprint density at radius 2 is 2.04 bits per heavy atom. The Bertz CT molecular complexity index is 1020. The minimum Gasteiger partial charge on any atom is -0.493 e. The van der Waals surface area contributed by atoms with E-state index in [9.17, 15) is 14.3 Å². The second kappa shape index (κ2) is 7.57. The zero-order valence-electron chi connectivity index (χ0n) is 15.3. The summed E-state index contributed by atoms with van der Waals surface area (Å²) >= 11 is 0. The number of azo groups is 1. The van der Waals surface area contributed by atoms with Gasteiger partial charge in [0.25, 0.3) is 0 Å². The number of aromatic hydroxyl groups is 1. The molecule has 6 nitrogen and oxygen atoms in total. The van der Waals surface area contributed by atoms with Gasteiger partial charge in [0.15, 0.2) is 12.3 Å². The zero-order chi connectivity index (χ0) is 19.6. The van der Waals surface area contributed by atoms with Crippen LogP contribution < -0.4 is 4.74 Å². The third kappa shape index (κ3) is 4.13. The smallest absolute Gasteiger partial charge is 0.302 e. The predicted molar refractivity (Wildman–Crippen MR) is 100 cm³/mol. The summed E-state index contributed by atoms with van der Waals surface area (Å²) in [4.78, 5) is 14.7. The summed E-state index contributed by atoms with van der Waals surface area (Å²) in [6.07, 6.45) is 0. The fourth-order valence-corrected chi connectivity index (χ4v) is 2.64. The molecule has 0 aliphatic heterocycles. The van der Waals surface area contributed by atoms with Crippen LogP contribution in [0.25, 0.3) is 10.9 Å². The van der Waals surface area contributed by atoms with Gasteiger partial charge >= 0.3 is 5.91 Å². The van der Waals surface area contributed by atoms with E-state index in [2.05, 4.69) is 29.1 Å². The molecular weight excluding hydrogens is 349 g/mol. The first-order valence-corrected chi connectivity index (χ1v) is 8.53. The highest BCUT2D eigenvalue weighted by Crippen LogP contribution is 2.35. The number of nitrogens with zero attached hydrogens (tertiary/aromatic N) is 2. The summed E-state index contributed by atoms with van der Waals surface area (Å²) in [6.45, 7) is 5.75. The fourth-order valence-electron chi connectivity index (χ4n) is 2.64. The lowest BCUT2D eigenvalue weighted by atomic mass is 10.0. The van der Waals surface area contributed by atoms with Crippen LogP contribution >= 0.6 is 0 Å². The standard InChI is InChI=1S/C20H20FN3O3/c1-11(2)13-5-4-12(3)17(8-13)27-10-18(25)23-24-19-15-9-14(21)6-7-16(15)22-20(19)26/h4-9,11,22,26H,10H2,1-3H3. The highest BCUT2D eigenvalue weighted by atomic mass is 19.1. The van der Waals surface area contributed by atoms with Gasteiger partial charge in [-0.1, -0.05) is 26.0 Å². The van der Waals surface area contributed by atoms with Crippen molar-refractivity contribution in [2.45, 2.75) is 26.7 Å². The van der Waals surface area contributed by atoms with E-state index in [0.29, 0.717) is 22.6 Å². The average molecular weight is 369 g/mol. The molecule has 3 rings (SSSR count). The lowest BCUT2D eigenvalue weighted by Crippen LogP contribution is -2.09. The lowest BCUT2D eigenvalue weighted by Gasteiger charge is -2.11. The van der Waals surface area contributed by atoms with Crippen LogP contribution in [-0.4, -0.2) is 22.6 Å². The van der Waals surface area contributed by atoms with Crippen molar-refractivity contribution in [3.05, 3.63) is 53.3 Å². The molecule has 0 saturated carbocycles. The van der Waals surface area contributed by atoms with Gasteiger partial charge < -0.3 is 14.8 Å². The van der Waals surface area contributed by atoms with Crippen LogP contribution in [0.1, 0.15) is 30.9 Å². The number of benzene rings is 2. The van der Waals surface area contributed by atoms with Crippen molar-refractivity contribution < 1.29 is 19.0 Å². The molecule has 27 heavy (non-hydrogen) atoms. The number of carbonyl (C=O) groups is 1. The molecule has 1 heterocycles. The molecule has 2 aromatic carbocycles. The average Bonchev–Trinajstić information content (AvgIpc) is 2.93. The third-order valence-electron chi connectivity index (χ3n) is 4.21. The second-order valence-corrected chi connectivity index (χ2v) is 6.57. The molecule has 0 unspecified atom stereocenters. The monoisotopic (exact) mass is 369 g/mol. The lowest BCUT2D eigenvalue weighted by molar-refractivity contribution is -0.120. The van der Waals surface area contributed by atoms with Crippen LogP contribution in [0.2, 0.25) is 0 Å². The normalized spacial score (nSPS) is 11.6. The molecule has 0 fully saturated rings. The summed E-state index contributed by atoms with van der Waals surface area (Å²) in [5.74, 6) is -0.425. The Morgan fingerprint density at radius 1 is 1.26 bits per heavy atom. The van der Waals surface area contributed by atoms with Crippen LogP contribution in [-0.2, 0) is 4.79 Å². The molecule has 0 radical (unpaired) electrons. The van der Waals surface area contributed by atoms with Gasteiger partial charge in [-0.2, -0.15) is 0 Å². The first-order chi connectivity index (χ1) is 12.8. The molecule has 0 bridgehead atoms. The Hall–Kier alpha value is -3.22. The van der Waals surface area contributed by atoms with E-state index in [1.165, 1.54) is 18.2 Å². The number of carbonyl (C=O) groups excluding carboxylic acids is 1. The van der Waals surface area contributed by atoms with Crippen LogP contribution in [0.3, 0.4) is 0 Å². The van der Waals surface area contributed by atoms with E-state index >= 15 is 0 Å². The van der Waals surface area contributed by atoms with Crippen LogP contribution in [0.4, 0.5) is 10.1 Å². The molecule has 0 aliphatic rings. The Kier molecular flexibility index (Phi) is 5.21. The maximum atomic E-state index is 13.4. The summed E-state index contributed by atoms with van der Waals surface area (Å²) in [5, 5.41) is 17.6. The molecular formula is C20H20FN3O3. The summed E-state index contributed by atoms with van der Waals surface area (Å²) in [6, 6.07) is 9.80. The fraction of sp³-hybridized carbons (Fsp3) is 0.250. The Balaban J connectivity index is 1.73. The van der Waals surface area contributed by atoms with Gasteiger partial charge in [0.05, 0.1) is 5.52 Å². The third-order valence-corrected chi connectivity index (χ3v) is 4.21. The molecule has 7 heteroatoms. The zero-order valence-corrected chi connectivity index (χ0v) is 15.3. The number of hydrogen-bond donors (Lipinski definition) is 2. The van der Waals surface area contributed by atoms with Crippen molar-refractivity contribution in [1.82, 2.24) is 4.98 Å². The van der Waals surface area contributed by atoms with Crippen LogP contribution in [0.5, 0.6) is 11.6 Å². The second-order valence-electron chi connectivity index (χ2n) is 6.57. The molecule has 0 aliphatic carbocycles. The van der Waals surface area contributed by atoms with Gasteiger partial charge in [-0.3, -0.25) is 4.79 Å². The van der Waals surface area contributed by atoms with Crippen molar-refractivity contribution >= 4 is 22.5 Å². The van der Waals surface area contributed by atoms with Crippen LogP contribution in [0, 0.1) is 12.7 Å². The SMILES string of the molecule is Cc1ccc(C(C)C)cc1OCC(=O)N=Nc1c(O)[nH]c2ccc(F)cc12. The van der Waals surface area contributed by atoms with Crippen LogP contribution in [0.15, 0.2) is 46.6 Å². The number of amides is 1. The van der Waals surface area contributed by atoms with Gasteiger partial charge in [-0.15, -0.1) is 10.2 Å². The number of halogens is 1. The Labute approximate surface area is 155 Å². The van der Waals surface area contributed by atoms with Crippen molar-refractivity contribution in [2.24, 2.45) is 10.2 Å². The van der Waals surface area contributed by atoms with E-state index in [0.717, 1.165) is 11.1 Å². The van der Waals surface area contributed by atoms with Gasteiger partial charge in [0.2, 0.25) is 5.88 Å². The molecule has 140 valence electrons. The first kappa shape index (κ1) is 18.6. The van der Waals surface area contributed by atoms with Gasteiger partial charge in [-0.05, 0) is 48.2 Å². The minimum absolute atomic E-state index is 0.0100. The molecule has 0 saturated heterocycles. The van der Waals surface area contributed by atoms with Crippen molar-refractivity contribution in [3.8, 4) is 11.6 Å². The molecule has 1 aromatic heterocycles. The van der Waals surface area contributed by atoms with Gasteiger partial charge in [0, 0.05) is 5.39 Å². The molecule has 1 amide bonds. The van der Waals surface area contributed by atoms with E-state index in [1.54, 1.807) is 0 Å². The highest BCUT2D eigenvalue weighted by Gasteiger charge is 2.12. The number of rotatable bonds is 5. The first-order valence-electron chi connectivity index (χ1n) is 8.53. The number of aromatic nitrogens is 1. The highest BCUT2D eigenvalue weighted by molar-refractivity contribution is 5.94. The summed E-state index contributed by atoms with van der Waals surface area (Å²) < 4.78 is 19.0. The number of fused-ring (bicyclic) bond motifs is 1. The molecule has 0 atom stereocenters. The van der Waals surface area contributed by atoms with E-state index in [-0.39, 0.29) is 18.2 Å². The van der Waals surface area contributed by atoms with Crippen molar-refractivity contribution in [3.63, 3.8) is 0 Å². The predicted octanol–water partition coefficient (Wildman–Crippen LogP) is 5.13. The van der Waals surface area contributed by atoms with E-state index < -0.39 is 11.7 Å².